The van der Waals surface area contributed by atoms with Crippen LogP contribution in [0, 0.1) is 0 Å². The monoisotopic (exact) mass is 376 g/mol. The fourth-order valence-electron chi connectivity index (χ4n) is 3.16. The molecule has 1 aliphatic rings. The summed E-state index contributed by atoms with van der Waals surface area (Å²) in [5, 5.41) is 6.49. The maximum absolute atomic E-state index is 12.1. The third-order valence-electron chi connectivity index (χ3n) is 4.50. The Kier molecular flexibility index (Phi) is 5.73. The number of rotatable bonds is 6. The lowest BCUT2D eigenvalue weighted by molar-refractivity contribution is 0.410. The van der Waals surface area contributed by atoms with Gasteiger partial charge in [0.15, 0.2) is 9.84 Å². The standard InChI is InChI=1S/C18H24N4O3S/c1-25-15-8-4-3-6-13(15)11-20-18-21-12-16(26(2,23)24)17(22-18)14-7-5-9-19-10-14/h3-4,6,8,12,14,19H,5,7,9-11H2,1-2H3,(H,20,21,22)/t14-/m1/s1. The minimum atomic E-state index is -3.38. The van der Waals surface area contributed by atoms with E-state index in [-0.39, 0.29) is 10.8 Å². The van der Waals surface area contributed by atoms with E-state index in [1.807, 2.05) is 24.3 Å². The number of sulfone groups is 1. The molecule has 26 heavy (non-hydrogen) atoms. The zero-order valence-corrected chi connectivity index (χ0v) is 15.8. The van der Waals surface area contributed by atoms with Crippen molar-refractivity contribution in [3.8, 4) is 5.75 Å². The van der Waals surface area contributed by atoms with Crippen LogP contribution >= 0.6 is 0 Å². The average Bonchev–Trinajstić information content (AvgIpc) is 2.66. The van der Waals surface area contributed by atoms with Crippen LogP contribution in [-0.2, 0) is 16.4 Å². The molecule has 1 aliphatic heterocycles. The van der Waals surface area contributed by atoms with Gasteiger partial charge in [-0.3, -0.25) is 0 Å². The van der Waals surface area contributed by atoms with Crippen LogP contribution in [0.3, 0.4) is 0 Å². The Balaban J connectivity index is 1.86. The first kappa shape index (κ1) is 18.6. The Morgan fingerprint density at radius 3 is 2.85 bits per heavy atom. The van der Waals surface area contributed by atoms with Gasteiger partial charge in [0.25, 0.3) is 0 Å². The molecule has 1 atom stereocenters. The maximum atomic E-state index is 12.1. The number of anilines is 1. The second-order valence-electron chi connectivity index (χ2n) is 6.42. The molecule has 0 radical (unpaired) electrons. The van der Waals surface area contributed by atoms with Crippen LogP contribution in [0.15, 0.2) is 35.4 Å². The fourth-order valence-corrected chi connectivity index (χ4v) is 3.99. The molecular weight excluding hydrogens is 352 g/mol. The first-order valence-electron chi connectivity index (χ1n) is 8.62. The molecule has 8 heteroatoms. The molecule has 0 aliphatic carbocycles. The molecule has 3 rings (SSSR count). The summed E-state index contributed by atoms with van der Waals surface area (Å²) in [6.07, 6.45) is 4.53. The summed E-state index contributed by atoms with van der Waals surface area (Å²) >= 11 is 0. The number of hydrogen-bond donors (Lipinski definition) is 2. The van der Waals surface area contributed by atoms with Crippen molar-refractivity contribution in [2.75, 3.05) is 31.8 Å². The van der Waals surface area contributed by atoms with E-state index in [2.05, 4.69) is 20.6 Å². The summed E-state index contributed by atoms with van der Waals surface area (Å²) in [5.41, 5.74) is 1.57. The Morgan fingerprint density at radius 2 is 2.15 bits per heavy atom. The number of piperidine rings is 1. The van der Waals surface area contributed by atoms with Crippen molar-refractivity contribution in [2.24, 2.45) is 0 Å². The lowest BCUT2D eigenvalue weighted by Crippen LogP contribution is -2.30. The minimum absolute atomic E-state index is 0.0725. The summed E-state index contributed by atoms with van der Waals surface area (Å²) in [4.78, 5) is 8.98. The average molecular weight is 376 g/mol. The zero-order valence-electron chi connectivity index (χ0n) is 15.0. The molecular formula is C18H24N4O3S. The van der Waals surface area contributed by atoms with Crippen LogP contribution in [0.25, 0.3) is 0 Å². The number of nitrogens with one attached hydrogen (secondary N) is 2. The van der Waals surface area contributed by atoms with E-state index < -0.39 is 9.84 Å². The largest absolute Gasteiger partial charge is 0.496 e. The summed E-state index contributed by atoms with van der Waals surface area (Å²) in [7, 11) is -1.75. The van der Waals surface area contributed by atoms with Gasteiger partial charge in [-0.2, -0.15) is 0 Å². The lowest BCUT2D eigenvalue weighted by Gasteiger charge is -2.24. The van der Waals surface area contributed by atoms with E-state index in [1.54, 1.807) is 7.11 Å². The summed E-state index contributed by atoms with van der Waals surface area (Å²) in [6, 6.07) is 7.70. The second kappa shape index (κ2) is 8.01. The van der Waals surface area contributed by atoms with Crippen molar-refractivity contribution < 1.29 is 13.2 Å². The number of nitrogens with zero attached hydrogens (tertiary/aromatic N) is 2. The van der Waals surface area contributed by atoms with Crippen molar-refractivity contribution in [1.29, 1.82) is 0 Å². The number of para-hydroxylation sites is 1. The summed E-state index contributed by atoms with van der Waals surface area (Å²) < 4.78 is 29.6. The minimum Gasteiger partial charge on any atom is -0.496 e. The van der Waals surface area contributed by atoms with Gasteiger partial charge in [0.2, 0.25) is 5.95 Å². The molecule has 2 N–H and O–H groups in total. The topological polar surface area (TPSA) is 93.2 Å². The lowest BCUT2D eigenvalue weighted by atomic mass is 9.96. The van der Waals surface area contributed by atoms with Gasteiger partial charge < -0.3 is 15.4 Å². The van der Waals surface area contributed by atoms with Gasteiger partial charge in [0.05, 0.1) is 19.0 Å². The van der Waals surface area contributed by atoms with Gasteiger partial charge in [-0.1, -0.05) is 18.2 Å². The van der Waals surface area contributed by atoms with Crippen LogP contribution < -0.4 is 15.4 Å². The third-order valence-corrected chi connectivity index (χ3v) is 5.61. The van der Waals surface area contributed by atoms with E-state index in [1.165, 1.54) is 12.5 Å². The smallest absolute Gasteiger partial charge is 0.223 e. The van der Waals surface area contributed by atoms with Gasteiger partial charge in [0, 0.05) is 30.8 Å². The molecule has 140 valence electrons. The number of ether oxygens (including phenoxy) is 1. The molecule has 0 unspecified atom stereocenters. The third kappa shape index (κ3) is 4.31. The molecule has 2 heterocycles. The number of aromatic nitrogens is 2. The Morgan fingerprint density at radius 1 is 1.35 bits per heavy atom. The van der Waals surface area contributed by atoms with Gasteiger partial charge in [-0.25, -0.2) is 18.4 Å². The van der Waals surface area contributed by atoms with Crippen molar-refractivity contribution in [3.63, 3.8) is 0 Å². The van der Waals surface area contributed by atoms with Gasteiger partial charge in [-0.15, -0.1) is 0 Å². The SMILES string of the molecule is COc1ccccc1CNc1ncc(S(C)(=O)=O)c([C@@H]2CCCNC2)n1. The van der Waals surface area contributed by atoms with E-state index >= 15 is 0 Å². The highest BCUT2D eigenvalue weighted by atomic mass is 32.2. The highest BCUT2D eigenvalue weighted by Crippen LogP contribution is 2.28. The number of hydrogen-bond acceptors (Lipinski definition) is 7. The van der Waals surface area contributed by atoms with E-state index in [0.717, 1.165) is 37.2 Å². The Hall–Kier alpha value is -2.19. The van der Waals surface area contributed by atoms with Crippen molar-refractivity contribution >= 4 is 15.8 Å². The molecule has 0 spiro atoms. The van der Waals surface area contributed by atoms with E-state index in [9.17, 15) is 8.42 Å². The van der Waals surface area contributed by atoms with Crippen LogP contribution in [0.2, 0.25) is 0 Å². The van der Waals surface area contributed by atoms with Crippen LogP contribution in [-0.4, -0.2) is 44.8 Å². The Bertz CT molecular complexity index is 864. The molecule has 0 amide bonds. The number of methoxy groups -OCH3 is 1. The first-order valence-corrected chi connectivity index (χ1v) is 10.5. The van der Waals surface area contributed by atoms with Gasteiger partial charge >= 0.3 is 0 Å². The highest BCUT2D eigenvalue weighted by molar-refractivity contribution is 7.90. The molecule has 1 aromatic carbocycles. The predicted molar refractivity (Wildman–Crippen MR) is 100 cm³/mol. The first-order chi connectivity index (χ1) is 12.5. The highest BCUT2D eigenvalue weighted by Gasteiger charge is 2.25. The van der Waals surface area contributed by atoms with Gasteiger partial charge in [-0.05, 0) is 25.5 Å². The molecule has 0 saturated carbocycles. The maximum Gasteiger partial charge on any atom is 0.223 e. The quantitative estimate of drug-likeness (QED) is 0.796. The second-order valence-corrected chi connectivity index (χ2v) is 8.41. The van der Waals surface area contributed by atoms with Crippen molar-refractivity contribution in [3.05, 3.63) is 41.7 Å². The molecule has 1 fully saturated rings. The van der Waals surface area contributed by atoms with E-state index in [0.29, 0.717) is 18.2 Å². The molecule has 1 aromatic heterocycles. The van der Waals surface area contributed by atoms with Crippen LogP contribution in [0.1, 0.15) is 30.0 Å². The molecule has 1 saturated heterocycles. The molecule has 7 nitrogen and oxygen atoms in total. The van der Waals surface area contributed by atoms with Gasteiger partial charge in [0.1, 0.15) is 10.6 Å². The van der Waals surface area contributed by atoms with Crippen molar-refractivity contribution in [2.45, 2.75) is 30.2 Å². The fraction of sp³-hybridized carbons (Fsp3) is 0.444. The van der Waals surface area contributed by atoms with Crippen LogP contribution in [0.4, 0.5) is 5.95 Å². The summed E-state index contributed by atoms with van der Waals surface area (Å²) in [6.45, 7) is 2.17. The summed E-state index contributed by atoms with van der Waals surface area (Å²) in [5.74, 6) is 1.27. The normalized spacial score (nSPS) is 17.7. The van der Waals surface area contributed by atoms with E-state index in [4.69, 9.17) is 4.74 Å². The van der Waals surface area contributed by atoms with Crippen molar-refractivity contribution in [1.82, 2.24) is 15.3 Å². The predicted octanol–water partition coefficient (Wildman–Crippen LogP) is 1.97. The Labute approximate surface area is 154 Å². The van der Waals surface area contributed by atoms with Crippen LogP contribution in [0.5, 0.6) is 5.75 Å². The molecule has 2 aromatic rings. The number of benzene rings is 1. The zero-order chi connectivity index (χ0) is 18.6. The molecule has 0 bridgehead atoms.